The van der Waals surface area contributed by atoms with E-state index in [2.05, 4.69) is 15.3 Å². The number of rotatable bonds is 2. The van der Waals surface area contributed by atoms with Gasteiger partial charge in [0.25, 0.3) is 5.91 Å². The van der Waals surface area contributed by atoms with Crippen LogP contribution in [-0.4, -0.2) is 21.0 Å². The summed E-state index contributed by atoms with van der Waals surface area (Å²) in [6.07, 6.45) is 0. The molecule has 0 saturated carbocycles. The number of aromatic nitrogens is 2. The van der Waals surface area contributed by atoms with Gasteiger partial charge in [-0.05, 0) is 38.1 Å². The standard InChI is InChI=1S/C13H13N3O2/c1-8-6-9(2)15-13(14-8)16-12(18)10-4-3-5-11(17)7-10/h3-7,17H,1-2H3,(H,14,15,16,18). The van der Waals surface area contributed by atoms with E-state index in [-0.39, 0.29) is 17.6 Å². The van der Waals surface area contributed by atoms with E-state index in [1.807, 2.05) is 19.9 Å². The smallest absolute Gasteiger partial charge is 0.258 e. The fourth-order valence-electron chi connectivity index (χ4n) is 1.60. The van der Waals surface area contributed by atoms with Crippen LogP contribution in [0.4, 0.5) is 5.95 Å². The van der Waals surface area contributed by atoms with Gasteiger partial charge in [-0.2, -0.15) is 0 Å². The first kappa shape index (κ1) is 12.0. The second-order valence-corrected chi connectivity index (χ2v) is 3.98. The quantitative estimate of drug-likeness (QED) is 0.846. The van der Waals surface area contributed by atoms with Crippen molar-refractivity contribution >= 4 is 11.9 Å². The van der Waals surface area contributed by atoms with Crippen LogP contribution in [0.1, 0.15) is 21.7 Å². The van der Waals surface area contributed by atoms with Crippen molar-refractivity contribution in [3.63, 3.8) is 0 Å². The second kappa shape index (κ2) is 4.83. The summed E-state index contributed by atoms with van der Waals surface area (Å²) in [5.74, 6) is -0.0410. The molecular weight excluding hydrogens is 230 g/mol. The molecular formula is C13H13N3O2. The molecule has 92 valence electrons. The van der Waals surface area contributed by atoms with Crippen molar-refractivity contribution < 1.29 is 9.90 Å². The molecule has 0 bridgehead atoms. The number of aromatic hydroxyl groups is 1. The number of hydrogen-bond acceptors (Lipinski definition) is 4. The van der Waals surface area contributed by atoms with Crippen molar-refractivity contribution in [1.29, 1.82) is 0 Å². The number of nitrogens with one attached hydrogen (secondary N) is 1. The lowest BCUT2D eigenvalue weighted by molar-refractivity contribution is 0.102. The molecule has 1 aromatic carbocycles. The van der Waals surface area contributed by atoms with Crippen LogP contribution in [0.25, 0.3) is 0 Å². The molecule has 0 aliphatic heterocycles. The largest absolute Gasteiger partial charge is 0.508 e. The molecule has 0 atom stereocenters. The zero-order valence-corrected chi connectivity index (χ0v) is 10.1. The number of carbonyl (C=O) groups is 1. The van der Waals surface area contributed by atoms with E-state index in [0.717, 1.165) is 11.4 Å². The Balaban J connectivity index is 2.21. The zero-order chi connectivity index (χ0) is 13.1. The van der Waals surface area contributed by atoms with Crippen LogP contribution in [-0.2, 0) is 0 Å². The van der Waals surface area contributed by atoms with Crippen LogP contribution in [0.15, 0.2) is 30.3 Å². The number of anilines is 1. The Bertz CT molecular complexity index is 576. The van der Waals surface area contributed by atoms with Crippen molar-refractivity contribution in [3.05, 3.63) is 47.3 Å². The molecule has 0 aliphatic rings. The van der Waals surface area contributed by atoms with Crippen LogP contribution in [0.5, 0.6) is 5.75 Å². The van der Waals surface area contributed by atoms with Crippen LogP contribution in [0.3, 0.4) is 0 Å². The van der Waals surface area contributed by atoms with Gasteiger partial charge in [-0.15, -0.1) is 0 Å². The fraction of sp³-hybridized carbons (Fsp3) is 0.154. The molecule has 5 nitrogen and oxygen atoms in total. The summed E-state index contributed by atoms with van der Waals surface area (Å²) in [6, 6.07) is 7.93. The molecule has 0 spiro atoms. The molecule has 2 aromatic rings. The number of carbonyl (C=O) groups excluding carboxylic acids is 1. The van der Waals surface area contributed by atoms with Crippen molar-refractivity contribution in [3.8, 4) is 5.75 Å². The van der Waals surface area contributed by atoms with Crippen molar-refractivity contribution in [2.24, 2.45) is 0 Å². The summed E-state index contributed by atoms with van der Waals surface area (Å²) in [6.45, 7) is 3.66. The van der Waals surface area contributed by atoms with Gasteiger partial charge < -0.3 is 5.11 Å². The first-order valence-corrected chi connectivity index (χ1v) is 5.47. The Morgan fingerprint density at radius 3 is 2.44 bits per heavy atom. The maximum atomic E-state index is 11.9. The van der Waals surface area contributed by atoms with E-state index in [0.29, 0.717) is 5.56 Å². The number of benzene rings is 1. The van der Waals surface area contributed by atoms with E-state index in [1.165, 1.54) is 12.1 Å². The Morgan fingerprint density at radius 1 is 1.17 bits per heavy atom. The maximum Gasteiger partial charge on any atom is 0.258 e. The lowest BCUT2D eigenvalue weighted by Crippen LogP contribution is -2.14. The van der Waals surface area contributed by atoms with Gasteiger partial charge in [0.05, 0.1) is 0 Å². The van der Waals surface area contributed by atoms with Crippen molar-refractivity contribution in [2.75, 3.05) is 5.32 Å². The van der Waals surface area contributed by atoms with Crippen LogP contribution < -0.4 is 5.32 Å². The highest BCUT2D eigenvalue weighted by Gasteiger charge is 2.08. The first-order chi connectivity index (χ1) is 8.54. The number of nitrogens with zero attached hydrogens (tertiary/aromatic N) is 2. The average molecular weight is 243 g/mol. The van der Waals surface area contributed by atoms with E-state index in [4.69, 9.17) is 0 Å². The van der Waals surface area contributed by atoms with Crippen molar-refractivity contribution in [2.45, 2.75) is 13.8 Å². The Kier molecular flexibility index (Phi) is 3.23. The molecule has 1 amide bonds. The van der Waals surface area contributed by atoms with Gasteiger partial charge in [-0.1, -0.05) is 6.07 Å². The molecule has 18 heavy (non-hydrogen) atoms. The molecule has 0 radical (unpaired) electrons. The number of aryl methyl sites for hydroxylation is 2. The van der Waals surface area contributed by atoms with E-state index < -0.39 is 0 Å². The topological polar surface area (TPSA) is 75.1 Å². The zero-order valence-electron chi connectivity index (χ0n) is 10.1. The summed E-state index contributed by atoms with van der Waals surface area (Å²) in [4.78, 5) is 20.1. The third-order valence-corrected chi connectivity index (χ3v) is 2.32. The predicted octanol–water partition coefficient (Wildman–Crippen LogP) is 2.05. The van der Waals surface area contributed by atoms with Crippen LogP contribution in [0, 0.1) is 13.8 Å². The fourth-order valence-corrected chi connectivity index (χ4v) is 1.60. The third kappa shape index (κ3) is 2.82. The van der Waals surface area contributed by atoms with Gasteiger partial charge in [-0.3, -0.25) is 10.1 Å². The second-order valence-electron chi connectivity index (χ2n) is 3.98. The van der Waals surface area contributed by atoms with Gasteiger partial charge in [0.15, 0.2) is 0 Å². The van der Waals surface area contributed by atoms with Crippen molar-refractivity contribution in [1.82, 2.24) is 9.97 Å². The van der Waals surface area contributed by atoms with Crippen LogP contribution in [0.2, 0.25) is 0 Å². The molecule has 0 unspecified atom stereocenters. The van der Waals surface area contributed by atoms with Crippen LogP contribution >= 0.6 is 0 Å². The lowest BCUT2D eigenvalue weighted by Gasteiger charge is -2.05. The number of phenols is 1. The minimum atomic E-state index is -0.351. The highest BCUT2D eigenvalue weighted by atomic mass is 16.3. The van der Waals surface area contributed by atoms with Gasteiger partial charge >= 0.3 is 0 Å². The summed E-state index contributed by atoms with van der Waals surface area (Å²) in [7, 11) is 0. The minimum Gasteiger partial charge on any atom is -0.508 e. The summed E-state index contributed by atoms with van der Waals surface area (Å²) < 4.78 is 0. The highest BCUT2D eigenvalue weighted by molar-refractivity contribution is 6.03. The molecule has 5 heteroatoms. The number of amides is 1. The van der Waals surface area contributed by atoms with Gasteiger partial charge in [-0.25, -0.2) is 9.97 Å². The Hall–Kier alpha value is -2.43. The maximum absolute atomic E-state index is 11.9. The SMILES string of the molecule is Cc1cc(C)nc(NC(=O)c2cccc(O)c2)n1. The molecule has 0 saturated heterocycles. The van der Waals surface area contributed by atoms with E-state index in [1.54, 1.807) is 12.1 Å². The number of phenolic OH excluding ortho intramolecular Hbond substituents is 1. The minimum absolute atomic E-state index is 0.0454. The molecule has 2 N–H and O–H groups in total. The molecule has 0 aliphatic carbocycles. The summed E-state index contributed by atoms with van der Waals surface area (Å²) in [5, 5.41) is 11.9. The van der Waals surface area contributed by atoms with E-state index in [9.17, 15) is 9.90 Å². The predicted molar refractivity (Wildman–Crippen MR) is 67.6 cm³/mol. The summed E-state index contributed by atoms with van der Waals surface area (Å²) >= 11 is 0. The molecule has 1 aromatic heterocycles. The molecule has 2 rings (SSSR count). The normalized spacial score (nSPS) is 10.1. The number of hydrogen-bond donors (Lipinski definition) is 2. The van der Waals surface area contributed by atoms with Gasteiger partial charge in [0, 0.05) is 17.0 Å². The van der Waals surface area contributed by atoms with Gasteiger partial charge in [0.2, 0.25) is 5.95 Å². The van der Waals surface area contributed by atoms with Gasteiger partial charge in [0.1, 0.15) is 5.75 Å². The first-order valence-electron chi connectivity index (χ1n) is 5.47. The Labute approximate surface area is 105 Å². The molecule has 0 fully saturated rings. The molecule has 1 heterocycles. The lowest BCUT2D eigenvalue weighted by atomic mass is 10.2. The Morgan fingerprint density at radius 2 is 1.83 bits per heavy atom. The monoisotopic (exact) mass is 243 g/mol. The third-order valence-electron chi connectivity index (χ3n) is 2.32. The average Bonchev–Trinajstić information content (AvgIpc) is 2.27. The highest BCUT2D eigenvalue weighted by Crippen LogP contribution is 2.12. The summed E-state index contributed by atoms with van der Waals surface area (Å²) in [5.41, 5.74) is 1.93. The van der Waals surface area contributed by atoms with E-state index >= 15 is 0 Å².